The molecule has 6 nitrogen and oxygen atoms in total. The maximum atomic E-state index is 12.6. The number of nitrogens with one attached hydrogen (secondary N) is 1. The number of carbonyl (C=O) groups excluding carboxylic acids is 2. The number of nitrogens with zero attached hydrogens (tertiary/aromatic N) is 1. The van der Waals surface area contributed by atoms with Crippen molar-refractivity contribution in [1.82, 2.24) is 10.3 Å². The summed E-state index contributed by atoms with van der Waals surface area (Å²) in [6.07, 6.45) is 0.0943. The van der Waals surface area contributed by atoms with Crippen molar-refractivity contribution >= 4 is 35.7 Å². The van der Waals surface area contributed by atoms with Gasteiger partial charge >= 0.3 is 0 Å². The lowest BCUT2D eigenvalue weighted by Crippen LogP contribution is -2.33. The number of hydrogen-bond donors (Lipinski definition) is 2. The van der Waals surface area contributed by atoms with Crippen LogP contribution in [0.25, 0.3) is 0 Å². The van der Waals surface area contributed by atoms with E-state index >= 15 is 0 Å². The fraction of sp³-hybridized carbons (Fsp3) is 0.316. The lowest BCUT2D eigenvalue weighted by Gasteiger charge is -2.24. The van der Waals surface area contributed by atoms with Crippen LogP contribution < -0.4 is 11.1 Å². The largest absolute Gasteiger partial charge is 0.371 e. The van der Waals surface area contributed by atoms with Gasteiger partial charge in [0.15, 0.2) is 5.78 Å². The van der Waals surface area contributed by atoms with Gasteiger partial charge in [0.2, 0.25) is 0 Å². The fourth-order valence-corrected chi connectivity index (χ4v) is 3.17. The zero-order chi connectivity index (χ0) is 18.7. The van der Waals surface area contributed by atoms with E-state index in [1.807, 2.05) is 18.2 Å². The van der Waals surface area contributed by atoms with Gasteiger partial charge in [-0.2, -0.15) is 0 Å². The molecule has 27 heavy (non-hydrogen) atoms. The molecule has 0 aliphatic carbocycles. The number of amides is 1. The van der Waals surface area contributed by atoms with Crippen LogP contribution in [-0.4, -0.2) is 36.4 Å². The molecule has 0 saturated carbocycles. The Morgan fingerprint density at radius 2 is 2.11 bits per heavy atom. The molecular formula is C19H21Cl2N3O3. The second kappa shape index (κ2) is 9.28. The van der Waals surface area contributed by atoms with Crippen LogP contribution in [0.1, 0.15) is 43.8 Å². The number of Topliss-reactive ketones (excluding diaryl/α,β-unsaturated/α-hetero) is 1. The van der Waals surface area contributed by atoms with Gasteiger partial charge in [0, 0.05) is 35.8 Å². The van der Waals surface area contributed by atoms with Crippen LogP contribution in [0.5, 0.6) is 0 Å². The third-order valence-corrected chi connectivity index (χ3v) is 4.61. The molecule has 0 bridgehead atoms. The Hall–Kier alpha value is -1.99. The van der Waals surface area contributed by atoms with E-state index in [9.17, 15) is 9.59 Å². The minimum atomic E-state index is -0.661. The number of pyridine rings is 1. The standard InChI is InChI=1S/C19H20ClN3O3.ClH/c1-11-6-14(8-16(23-11)19(21)25)17(24)9-12-2-3-13(7-15(12)20)18-10-22-4-5-26-18;/h2-3,6-8,18,22H,4-5,9-10H2,1H3,(H2,21,25);1H/t18-;/m1./s1. The normalized spacial score (nSPS) is 16.4. The molecule has 3 rings (SSSR count). The third kappa shape index (κ3) is 5.26. The van der Waals surface area contributed by atoms with Crippen LogP contribution in [-0.2, 0) is 11.2 Å². The van der Waals surface area contributed by atoms with Crippen LogP contribution in [0.3, 0.4) is 0 Å². The van der Waals surface area contributed by atoms with Crippen molar-refractivity contribution in [2.24, 2.45) is 5.73 Å². The summed E-state index contributed by atoms with van der Waals surface area (Å²) in [5.41, 5.74) is 8.01. The minimum Gasteiger partial charge on any atom is -0.371 e. The van der Waals surface area contributed by atoms with Gasteiger partial charge in [0.05, 0.1) is 12.7 Å². The van der Waals surface area contributed by atoms with Gasteiger partial charge in [-0.05, 0) is 36.2 Å². The van der Waals surface area contributed by atoms with Gasteiger partial charge in [0.25, 0.3) is 5.91 Å². The number of carbonyl (C=O) groups is 2. The van der Waals surface area contributed by atoms with Crippen LogP contribution in [0, 0.1) is 6.92 Å². The van der Waals surface area contributed by atoms with E-state index in [1.165, 1.54) is 6.07 Å². The van der Waals surface area contributed by atoms with Crippen molar-refractivity contribution in [2.45, 2.75) is 19.4 Å². The number of hydrogen-bond acceptors (Lipinski definition) is 5. The predicted molar refractivity (Wildman–Crippen MR) is 106 cm³/mol. The van der Waals surface area contributed by atoms with Crippen LogP contribution in [0.2, 0.25) is 5.02 Å². The highest BCUT2D eigenvalue weighted by Crippen LogP contribution is 2.26. The number of ketones is 1. The molecular weight excluding hydrogens is 389 g/mol. The molecule has 2 heterocycles. The fourth-order valence-electron chi connectivity index (χ4n) is 2.92. The lowest BCUT2D eigenvalue weighted by atomic mass is 9.99. The molecule has 1 aliphatic rings. The summed E-state index contributed by atoms with van der Waals surface area (Å²) >= 11 is 6.38. The first kappa shape index (κ1) is 21.3. The summed E-state index contributed by atoms with van der Waals surface area (Å²) < 4.78 is 5.72. The first-order valence-corrected chi connectivity index (χ1v) is 8.74. The first-order chi connectivity index (χ1) is 12.4. The monoisotopic (exact) mass is 409 g/mol. The van der Waals surface area contributed by atoms with Crippen LogP contribution in [0.15, 0.2) is 30.3 Å². The van der Waals surface area contributed by atoms with Crippen molar-refractivity contribution < 1.29 is 14.3 Å². The van der Waals surface area contributed by atoms with E-state index in [0.717, 1.165) is 24.2 Å². The lowest BCUT2D eigenvalue weighted by molar-refractivity contribution is 0.0277. The number of morpholine rings is 1. The Kier molecular flexibility index (Phi) is 7.33. The highest BCUT2D eigenvalue weighted by Gasteiger charge is 2.18. The van der Waals surface area contributed by atoms with Crippen molar-refractivity contribution in [3.8, 4) is 0 Å². The highest BCUT2D eigenvalue weighted by atomic mass is 35.5. The zero-order valence-corrected chi connectivity index (χ0v) is 16.4. The molecule has 0 radical (unpaired) electrons. The number of halogens is 2. The van der Waals surface area contributed by atoms with E-state index in [2.05, 4.69) is 10.3 Å². The van der Waals surface area contributed by atoms with Gasteiger partial charge in [-0.3, -0.25) is 9.59 Å². The van der Waals surface area contributed by atoms with E-state index < -0.39 is 5.91 Å². The number of nitrogens with two attached hydrogens (primary N) is 1. The molecule has 1 atom stereocenters. The van der Waals surface area contributed by atoms with Crippen LogP contribution >= 0.6 is 24.0 Å². The molecule has 0 unspecified atom stereocenters. The molecule has 8 heteroatoms. The summed E-state index contributed by atoms with van der Waals surface area (Å²) in [5.74, 6) is -0.811. The average molecular weight is 410 g/mol. The van der Waals surface area contributed by atoms with Gasteiger partial charge in [-0.1, -0.05) is 23.7 Å². The summed E-state index contributed by atoms with van der Waals surface area (Å²) in [4.78, 5) is 28.0. The molecule has 1 fully saturated rings. The SMILES string of the molecule is Cc1cc(C(=O)Cc2ccc([C@H]3CNCCO3)cc2Cl)cc(C(N)=O)n1.Cl. The van der Waals surface area contributed by atoms with E-state index in [0.29, 0.717) is 22.9 Å². The Bertz CT molecular complexity index is 852. The maximum Gasteiger partial charge on any atom is 0.267 e. The molecule has 1 aliphatic heterocycles. The maximum absolute atomic E-state index is 12.6. The Balaban J connectivity index is 0.00000261. The summed E-state index contributed by atoms with van der Waals surface area (Å²) in [6, 6.07) is 8.67. The van der Waals surface area contributed by atoms with E-state index in [4.69, 9.17) is 22.1 Å². The molecule has 0 spiro atoms. The molecule has 1 aromatic carbocycles. The van der Waals surface area contributed by atoms with Gasteiger partial charge in [0.1, 0.15) is 5.69 Å². The number of benzene rings is 1. The predicted octanol–water partition coefficient (Wildman–Crippen LogP) is 2.65. The van der Waals surface area contributed by atoms with Crippen molar-refractivity contribution in [3.63, 3.8) is 0 Å². The number of aryl methyl sites for hydroxylation is 1. The first-order valence-electron chi connectivity index (χ1n) is 8.36. The zero-order valence-electron chi connectivity index (χ0n) is 14.8. The quantitative estimate of drug-likeness (QED) is 0.740. The number of ether oxygens (including phenoxy) is 1. The Labute approximate surface area is 168 Å². The highest BCUT2D eigenvalue weighted by molar-refractivity contribution is 6.31. The topological polar surface area (TPSA) is 94.3 Å². The number of primary amides is 1. The molecule has 144 valence electrons. The van der Waals surface area contributed by atoms with Crippen molar-refractivity contribution in [3.05, 3.63) is 63.4 Å². The van der Waals surface area contributed by atoms with E-state index in [1.54, 1.807) is 13.0 Å². The van der Waals surface area contributed by atoms with Gasteiger partial charge < -0.3 is 15.8 Å². The van der Waals surface area contributed by atoms with Crippen molar-refractivity contribution in [2.75, 3.05) is 19.7 Å². The number of aromatic nitrogens is 1. The van der Waals surface area contributed by atoms with Crippen molar-refractivity contribution in [1.29, 1.82) is 0 Å². The molecule has 3 N–H and O–H groups in total. The molecule has 1 aromatic heterocycles. The molecule has 1 saturated heterocycles. The van der Waals surface area contributed by atoms with Gasteiger partial charge in [-0.25, -0.2) is 4.98 Å². The smallest absolute Gasteiger partial charge is 0.267 e. The number of rotatable bonds is 5. The summed E-state index contributed by atoms with van der Waals surface area (Å²) in [7, 11) is 0. The van der Waals surface area contributed by atoms with E-state index in [-0.39, 0.29) is 36.4 Å². The average Bonchev–Trinajstić information content (AvgIpc) is 2.63. The second-order valence-electron chi connectivity index (χ2n) is 6.26. The summed E-state index contributed by atoms with van der Waals surface area (Å²) in [6.45, 7) is 3.95. The molecule has 1 amide bonds. The summed E-state index contributed by atoms with van der Waals surface area (Å²) in [5, 5.41) is 3.79. The second-order valence-corrected chi connectivity index (χ2v) is 6.67. The van der Waals surface area contributed by atoms with Gasteiger partial charge in [-0.15, -0.1) is 12.4 Å². The minimum absolute atomic E-state index is 0. The third-order valence-electron chi connectivity index (χ3n) is 4.26. The molecule has 2 aromatic rings. The van der Waals surface area contributed by atoms with Crippen LogP contribution in [0.4, 0.5) is 0 Å². The Morgan fingerprint density at radius 1 is 1.33 bits per heavy atom. The Morgan fingerprint density at radius 3 is 2.74 bits per heavy atom.